The van der Waals surface area contributed by atoms with E-state index in [4.69, 9.17) is 14.2 Å². The summed E-state index contributed by atoms with van der Waals surface area (Å²) in [6, 6.07) is 15.1. The molecule has 1 N–H and O–H groups in total. The number of nitrogens with zero attached hydrogens (tertiary/aromatic N) is 1. The van der Waals surface area contributed by atoms with Gasteiger partial charge in [0.25, 0.3) is 10.0 Å². The van der Waals surface area contributed by atoms with E-state index in [-0.39, 0.29) is 23.1 Å². The zero-order valence-corrected chi connectivity index (χ0v) is 20.2. The molecule has 0 bridgehead atoms. The average molecular weight is 487 g/mol. The van der Waals surface area contributed by atoms with Crippen LogP contribution in [0.2, 0.25) is 0 Å². The Hall–Kier alpha value is -2.75. The number of amidine groups is 1. The smallest absolute Gasteiger partial charge is 0.331 e. The van der Waals surface area contributed by atoms with E-state index >= 15 is 0 Å². The number of methoxy groups -OCH3 is 1. The third-order valence-corrected chi connectivity index (χ3v) is 7.61. The van der Waals surface area contributed by atoms with Gasteiger partial charge in [0.1, 0.15) is 5.84 Å². The largest absolute Gasteiger partial charge is 0.467 e. The van der Waals surface area contributed by atoms with Crippen LogP contribution in [0.1, 0.15) is 30.4 Å². The number of carbonyl (C=O) groups excluding carboxylic acids is 1. The van der Waals surface area contributed by atoms with Gasteiger partial charge in [-0.2, -0.15) is 0 Å². The number of hydrogen-bond donors (Lipinski definition) is 1. The lowest BCUT2D eigenvalue weighted by molar-refractivity contribution is -0.151. The van der Waals surface area contributed by atoms with Gasteiger partial charge >= 0.3 is 5.97 Å². The van der Waals surface area contributed by atoms with Crippen LogP contribution < -0.4 is 4.72 Å². The summed E-state index contributed by atoms with van der Waals surface area (Å²) in [5.41, 5.74) is 1.85. The zero-order chi connectivity index (χ0) is 24.2. The summed E-state index contributed by atoms with van der Waals surface area (Å²) in [5.74, 6) is -1.30. The number of hydrogen-bond acceptors (Lipinski definition) is 7. The van der Waals surface area contributed by atoms with Crippen molar-refractivity contribution in [3.63, 3.8) is 0 Å². The first-order chi connectivity index (χ1) is 16.3. The number of aliphatic imine (C=N–C) groups is 1. The molecule has 0 radical (unpaired) electrons. The summed E-state index contributed by atoms with van der Waals surface area (Å²) in [4.78, 5) is 17.4. The summed E-state index contributed by atoms with van der Waals surface area (Å²) >= 11 is 0. The molecule has 2 aromatic carbocycles. The van der Waals surface area contributed by atoms with E-state index in [1.54, 1.807) is 24.3 Å². The van der Waals surface area contributed by atoms with Crippen LogP contribution >= 0.6 is 0 Å². The number of rotatable bonds is 7. The van der Waals surface area contributed by atoms with Gasteiger partial charge in [0.15, 0.2) is 11.8 Å². The van der Waals surface area contributed by atoms with E-state index in [0.29, 0.717) is 32.5 Å². The second-order valence-corrected chi connectivity index (χ2v) is 10.4. The molecule has 1 saturated heterocycles. The van der Waals surface area contributed by atoms with Crippen molar-refractivity contribution < 1.29 is 27.4 Å². The highest BCUT2D eigenvalue weighted by Crippen LogP contribution is 2.41. The normalized spacial score (nSPS) is 20.9. The van der Waals surface area contributed by atoms with Crippen molar-refractivity contribution in [2.75, 3.05) is 20.3 Å². The number of carbonyl (C=O) groups is 1. The van der Waals surface area contributed by atoms with Gasteiger partial charge in [0, 0.05) is 25.2 Å². The molecule has 8 nitrogen and oxygen atoms in total. The van der Waals surface area contributed by atoms with Crippen molar-refractivity contribution in [2.24, 2.45) is 10.9 Å². The molecule has 9 heteroatoms. The Morgan fingerprint density at radius 2 is 1.82 bits per heavy atom. The molecule has 0 unspecified atom stereocenters. The van der Waals surface area contributed by atoms with Crippen LogP contribution in [-0.4, -0.2) is 52.4 Å². The molecule has 182 valence electrons. The van der Waals surface area contributed by atoms with Crippen molar-refractivity contribution >= 4 is 21.8 Å². The molecule has 0 amide bonds. The van der Waals surface area contributed by atoms with Gasteiger partial charge in [-0.15, -0.1) is 0 Å². The first kappa shape index (κ1) is 24.4. The summed E-state index contributed by atoms with van der Waals surface area (Å²) in [6.45, 7) is 2.90. The summed E-state index contributed by atoms with van der Waals surface area (Å²) in [7, 11) is -2.61. The monoisotopic (exact) mass is 486 g/mol. The minimum Gasteiger partial charge on any atom is -0.467 e. The third-order valence-electron chi connectivity index (χ3n) is 6.24. The van der Waals surface area contributed by atoms with E-state index in [1.807, 2.05) is 37.3 Å². The molecule has 1 spiro atoms. The second-order valence-electron chi connectivity index (χ2n) is 8.71. The predicted molar refractivity (Wildman–Crippen MR) is 127 cm³/mol. The Labute approximate surface area is 200 Å². The highest BCUT2D eigenvalue weighted by atomic mass is 32.2. The summed E-state index contributed by atoms with van der Waals surface area (Å²) in [5, 5.41) is 0. The maximum Gasteiger partial charge on any atom is 0.331 e. The maximum absolute atomic E-state index is 13.2. The fourth-order valence-electron chi connectivity index (χ4n) is 4.42. The van der Waals surface area contributed by atoms with Crippen molar-refractivity contribution in [3.05, 3.63) is 65.7 Å². The quantitative estimate of drug-likeness (QED) is 0.367. The number of ether oxygens (including phenoxy) is 3. The number of nitrogens with one attached hydrogen (secondary N) is 1. The van der Waals surface area contributed by atoms with Crippen molar-refractivity contribution in [1.82, 2.24) is 4.72 Å². The Balaban J connectivity index is 1.67. The van der Waals surface area contributed by atoms with Crippen LogP contribution in [0.25, 0.3) is 0 Å². The van der Waals surface area contributed by atoms with Crippen molar-refractivity contribution in [3.8, 4) is 0 Å². The first-order valence-corrected chi connectivity index (χ1v) is 12.9. The van der Waals surface area contributed by atoms with E-state index in [0.717, 1.165) is 11.1 Å². The highest BCUT2D eigenvalue weighted by molar-refractivity contribution is 7.90. The molecule has 4 rings (SSSR count). The summed E-state index contributed by atoms with van der Waals surface area (Å²) < 4.78 is 45.8. The van der Waals surface area contributed by atoms with Gasteiger partial charge in [-0.05, 0) is 31.0 Å². The predicted octanol–water partition coefficient (Wildman–Crippen LogP) is 3.00. The Bertz CT molecular complexity index is 1130. The number of aryl methyl sites for hydroxylation is 1. The molecule has 1 aliphatic carbocycles. The van der Waals surface area contributed by atoms with Crippen molar-refractivity contribution in [1.29, 1.82) is 0 Å². The zero-order valence-electron chi connectivity index (χ0n) is 19.4. The van der Waals surface area contributed by atoms with Gasteiger partial charge < -0.3 is 14.2 Å². The molecule has 2 aliphatic rings. The first-order valence-electron chi connectivity index (χ1n) is 11.4. The van der Waals surface area contributed by atoms with Crippen LogP contribution in [0.4, 0.5) is 0 Å². The maximum atomic E-state index is 13.2. The van der Waals surface area contributed by atoms with Gasteiger partial charge in [-0.1, -0.05) is 48.0 Å². The van der Waals surface area contributed by atoms with Gasteiger partial charge in [0.05, 0.1) is 25.2 Å². The van der Waals surface area contributed by atoms with E-state index in [9.17, 15) is 13.2 Å². The minimum atomic E-state index is -3.91. The molecule has 0 aromatic heterocycles. The Morgan fingerprint density at radius 3 is 2.47 bits per heavy atom. The molecule has 2 fully saturated rings. The Kier molecular flexibility index (Phi) is 7.35. The van der Waals surface area contributed by atoms with Crippen LogP contribution in [0.5, 0.6) is 0 Å². The average Bonchev–Trinajstić information content (AvgIpc) is 3.48. The minimum absolute atomic E-state index is 0.129. The molecule has 1 saturated carbocycles. The van der Waals surface area contributed by atoms with E-state index in [2.05, 4.69) is 9.71 Å². The molecule has 2 atom stereocenters. The number of sulfonamides is 1. The molecule has 1 heterocycles. The standard InChI is InChI=1S/C25H30N2O6S/c1-18-8-10-21(11-9-18)34(29,30)27-23(20-12-13-25(17-20)32-14-15-33-25)26-22(24(28)31-2)16-19-6-4-3-5-7-19/h3-11,20,22H,12-17H2,1-2H3,(H,26,27)/t20-,22-/m0/s1. The van der Waals surface area contributed by atoms with Crippen LogP contribution in [-0.2, 0) is 35.4 Å². The lowest BCUT2D eigenvalue weighted by atomic mass is 10.0. The topological polar surface area (TPSA) is 103 Å². The molecule has 34 heavy (non-hydrogen) atoms. The fraction of sp³-hybridized carbons (Fsp3) is 0.440. The van der Waals surface area contributed by atoms with Crippen LogP contribution in [0.3, 0.4) is 0 Å². The van der Waals surface area contributed by atoms with Gasteiger partial charge in [0.2, 0.25) is 0 Å². The SMILES string of the molecule is COC(=O)[C@H](Cc1ccccc1)N=C(NS(=O)(=O)c1ccc(C)cc1)[C@H]1CCC2(C1)OCCO2. The second kappa shape index (κ2) is 10.2. The van der Waals surface area contributed by atoms with E-state index < -0.39 is 27.8 Å². The number of esters is 1. The highest BCUT2D eigenvalue weighted by Gasteiger charge is 2.46. The molecular formula is C25H30N2O6S. The fourth-order valence-corrected chi connectivity index (χ4v) is 5.53. The third kappa shape index (κ3) is 5.65. The van der Waals surface area contributed by atoms with E-state index in [1.165, 1.54) is 7.11 Å². The molecular weight excluding hydrogens is 456 g/mol. The van der Waals surface area contributed by atoms with Crippen molar-refractivity contribution in [2.45, 2.75) is 49.3 Å². The Morgan fingerprint density at radius 1 is 1.15 bits per heavy atom. The lowest BCUT2D eigenvalue weighted by Gasteiger charge is -2.23. The van der Waals surface area contributed by atoms with Crippen LogP contribution in [0, 0.1) is 12.8 Å². The van der Waals surface area contributed by atoms with Gasteiger partial charge in [-0.25, -0.2) is 13.2 Å². The molecule has 1 aliphatic heterocycles. The lowest BCUT2D eigenvalue weighted by Crippen LogP contribution is -2.39. The summed E-state index contributed by atoms with van der Waals surface area (Å²) in [6.07, 6.45) is 1.99. The molecule has 2 aromatic rings. The number of benzene rings is 2. The van der Waals surface area contributed by atoms with Crippen LogP contribution in [0.15, 0.2) is 64.5 Å². The van der Waals surface area contributed by atoms with Gasteiger partial charge in [-0.3, -0.25) is 9.71 Å².